The van der Waals surface area contributed by atoms with Crippen molar-refractivity contribution in [2.75, 3.05) is 0 Å². The van der Waals surface area contributed by atoms with Crippen molar-refractivity contribution in [3.63, 3.8) is 0 Å². The molecule has 1 unspecified atom stereocenters. The van der Waals surface area contributed by atoms with Crippen molar-refractivity contribution in [1.82, 2.24) is 0 Å². The lowest BCUT2D eigenvalue weighted by atomic mass is 9.99. The molecule has 168 valence electrons. The monoisotopic (exact) mass is 426 g/mol. The van der Waals surface area contributed by atoms with Crippen molar-refractivity contribution in [2.45, 2.75) is 116 Å². The number of benzene rings is 1. The van der Waals surface area contributed by atoms with Crippen molar-refractivity contribution in [3.05, 3.63) is 29.3 Å². The zero-order valence-electron chi connectivity index (χ0n) is 19.0. The SMILES string of the molecule is CCCCCCCc1ccc(OC(C)(CC)S(=O)(=O)O)c(CCCCCCC)c1. The molecule has 0 bridgehead atoms. The molecule has 0 heterocycles. The van der Waals surface area contributed by atoms with E-state index in [0.717, 1.165) is 31.2 Å². The molecule has 1 atom stereocenters. The van der Waals surface area contributed by atoms with E-state index in [2.05, 4.69) is 19.9 Å². The molecule has 0 spiro atoms. The van der Waals surface area contributed by atoms with Gasteiger partial charge in [0.25, 0.3) is 0 Å². The van der Waals surface area contributed by atoms with Crippen LogP contribution in [0.4, 0.5) is 0 Å². The molecule has 0 radical (unpaired) electrons. The summed E-state index contributed by atoms with van der Waals surface area (Å²) in [6.07, 6.45) is 14.2. The van der Waals surface area contributed by atoms with Crippen LogP contribution in [-0.2, 0) is 23.0 Å². The predicted octanol–water partition coefficient (Wildman–Crippen LogP) is 7.11. The number of hydrogen-bond donors (Lipinski definition) is 1. The first kappa shape index (κ1) is 26.0. The highest BCUT2D eigenvalue weighted by Crippen LogP contribution is 2.31. The molecule has 1 N–H and O–H groups in total. The quantitative estimate of drug-likeness (QED) is 0.226. The van der Waals surface area contributed by atoms with E-state index in [9.17, 15) is 13.0 Å². The molecule has 0 aromatic heterocycles. The number of ether oxygens (including phenoxy) is 1. The van der Waals surface area contributed by atoms with E-state index in [1.54, 1.807) is 6.92 Å². The molecule has 0 aliphatic carbocycles. The summed E-state index contributed by atoms with van der Waals surface area (Å²) in [6, 6.07) is 6.10. The average Bonchev–Trinajstić information content (AvgIpc) is 2.68. The van der Waals surface area contributed by atoms with E-state index >= 15 is 0 Å². The molecule has 1 aromatic carbocycles. The van der Waals surface area contributed by atoms with Gasteiger partial charge in [-0.3, -0.25) is 4.55 Å². The Hall–Kier alpha value is -1.07. The molecule has 5 heteroatoms. The van der Waals surface area contributed by atoms with Crippen molar-refractivity contribution in [1.29, 1.82) is 0 Å². The Balaban J connectivity index is 2.91. The van der Waals surface area contributed by atoms with Gasteiger partial charge in [-0.1, -0.05) is 84.3 Å². The van der Waals surface area contributed by atoms with Gasteiger partial charge < -0.3 is 4.74 Å². The van der Waals surface area contributed by atoms with Crippen LogP contribution in [0.5, 0.6) is 5.75 Å². The first-order chi connectivity index (χ1) is 13.8. The van der Waals surface area contributed by atoms with Gasteiger partial charge in [0.15, 0.2) is 0 Å². The Morgan fingerprint density at radius 3 is 1.93 bits per heavy atom. The normalized spacial score (nSPS) is 14.0. The number of rotatable bonds is 16. The van der Waals surface area contributed by atoms with Gasteiger partial charge >= 0.3 is 10.1 Å². The lowest BCUT2D eigenvalue weighted by Crippen LogP contribution is -2.40. The minimum Gasteiger partial charge on any atom is -0.469 e. The Labute approximate surface area is 179 Å². The maximum atomic E-state index is 11.9. The molecule has 0 aliphatic rings. The second-order valence-corrected chi connectivity index (χ2v) is 10.1. The first-order valence-corrected chi connectivity index (χ1v) is 13.0. The van der Waals surface area contributed by atoms with E-state index < -0.39 is 15.1 Å². The standard InChI is InChI=1S/C24H42O4S/c1-5-8-10-12-14-16-21-18-19-23(28-24(4,7-3)29(25,26)27)22(20-21)17-15-13-11-9-6-2/h18-20H,5-17H2,1-4H3,(H,25,26,27). The van der Waals surface area contributed by atoms with Gasteiger partial charge in [-0.15, -0.1) is 0 Å². The molecular formula is C24H42O4S. The van der Waals surface area contributed by atoms with Crippen LogP contribution >= 0.6 is 0 Å². The van der Waals surface area contributed by atoms with Crippen LogP contribution < -0.4 is 4.74 Å². The lowest BCUT2D eigenvalue weighted by Gasteiger charge is -2.27. The summed E-state index contributed by atoms with van der Waals surface area (Å²) in [6.45, 7) is 7.58. The molecule has 29 heavy (non-hydrogen) atoms. The summed E-state index contributed by atoms with van der Waals surface area (Å²) in [4.78, 5) is -1.62. The molecule has 4 nitrogen and oxygen atoms in total. The fraction of sp³-hybridized carbons (Fsp3) is 0.750. The zero-order valence-corrected chi connectivity index (χ0v) is 19.8. The van der Waals surface area contributed by atoms with Gasteiger partial charge in [0, 0.05) is 6.42 Å². The van der Waals surface area contributed by atoms with Crippen LogP contribution in [0.1, 0.15) is 109 Å². The Morgan fingerprint density at radius 2 is 1.41 bits per heavy atom. The second-order valence-electron chi connectivity index (χ2n) is 8.33. The van der Waals surface area contributed by atoms with Gasteiger partial charge in [-0.2, -0.15) is 8.42 Å². The van der Waals surface area contributed by atoms with Crippen molar-refractivity contribution in [2.24, 2.45) is 0 Å². The largest absolute Gasteiger partial charge is 0.469 e. The number of aryl methyl sites for hydroxylation is 2. The third-order valence-corrected chi connectivity index (χ3v) is 7.22. The summed E-state index contributed by atoms with van der Waals surface area (Å²) < 4.78 is 39.3. The number of hydrogen-bond acceptors (Lipinski definition) is 3. The average molecular weight is 427 g/mol. The van der Waals surface area contributed by atoms with Gasteiger partial charge in [0.1, 0.15) is 5.75 Å². The highest BCUT2D eigenvalue weighted by Gasteiger charge is 2.39. The minimum atomic E-state index is -4.32. The third kappa shape index (κ3) is 9.08. The summed E-state index contributed by atoms with van der Waals surface area (Å²) in [5, 5.41) is 0. The van der Waals surface area contributed by atoms with Gasteiger partial charge in [0.2, 0.25) is 4.93 Å². The Morgan fingerprint density at radius 1 is 0.862 bits per heavy atom. The molecular weight excluding hydrogens is 384 g/mol. The van der Waals surface area contributed by atoms with Gasteiger partial charge in [-0.05, 0) is 49.8 Å². The minimum absolute atomic E-state index is 0.182. The maximum absolute atomic E-state index is 11.9. The third-order valence-electron chi connectivity index (χ3n) is 5.76. The molecule has 0 saturated heterocycles. The number of unbranched alkanes of at least 4 members (excludes halogenated alkanes) is 8. The van der Waals surface area contributed by atoms with E-state index in [0.29, 0.717) is 5.75 Å². The van der Waals surface area contributed by atoms with Crippen molar-refractivity contribution in [3.8, 4) is 5.75 Å². The molecule has 1 rings (SSSR count). The van der Waals surface area contributed by atoms with E-state index in [-0.39, 0.29) is 6.42 Å². The molecule has 0 aliphatic heterocycles. The molecule has 1 aromatic rings. The van der Waals surface area contributed by atoms with Crippen LogP contribution in [-0.4, -0.2) is 17.9 Å². The highest BCUT2D eigenvalue weighted by molar-refractivity contribution is 7.87. The molecule has 0 saturated carbocycles. The smallest absolute Gasteiger partial charge is 0.306 e. The van der Waals surface area contributed by atoms with Crippen LogP contribution in [0.2, 0.25) is 0 Å². The van der Waals surface area contributed by atoms with Crippen LogP contribution in [0, 0.1) is 0 Å². The summed E-state index contributed by atoms with van der Waals surface area (Å²) in [5.74, 6) is 0.581. The fourth-order valence-corrected chi connectivity index (χ4v) is 4.03. The van der Waals surface area contributed by atoms with E-state index in [1.165, 1.54) is 63.9 Å². The second kappa shape index (κ2) is 13.3. The Kier molecular flexibility index (Phi) is 11.9. The van der Waals surface area contributed by atoms with Crippen LogP contribution in [0.3, 0.4) is 0 Å². The summed E-state index contributed by atoms with van der Waals surface area (Å²) in [7, 11) is -4.32. The van der Waals surface area contributed by atoms with Crippen molar-refractivity contribution >= 4 is 10.1 Å². The van der Waals surface area contributed by atoms with E-state index in [1.807, 2.05) is 12.1 Å². The van der Waals surface area contributed by atoms with Gasteiger partial charge in [-0.25, -0.2) is 0 Å². The zero-order chi connectivity index (χ0) is 21.8. The topological polar surface area (TPSA) is 63.6 Å². The Bertz CT molecular complexity index is 684. The summed E-state index contributed by atoms with van der Waals surface area (Å²) >= 11 is 0. The van der Waals surface area contributed by atoms with Gasteiger partial charge in [0.05, 0.1) is 0 Å². The predicted molar refractivity (Wildman–Crippen MR) is 122 cm³/mol. The first-order valence-electron chi connectivity index (χ1n) is 11.5. The van der Waals surface area contributed by atoms with Crippen LogP contribution in [0.15, 0.2) is 18.2 Å². The fourth-order valence-electron chi connectivity index (χ4n) is 3.47. The summed E-state index contributed by atoms with van der Waals surface area (Å²) in [5.41, 5.74) is 2.33. The highest BCUT2D eigenvalue weighted by atomic mass is 32.2. The lowest BCUT2D eigenvalue weighted by molar-refractivity contribution is 0.153. The maximum Gasteiger partial charge on any atom is 0.306 e. The van der Waals surface area contributed by atoms with Crippen LogP contribution in [0.25, 0.3) is 0 Å². The molecule has 0 amide bonds. The van der Waals surface area contributed by atoms with E-state index in [4.69, 9.17) is 4.74 Å². The molecule has 0 fully saturated rings. The van der Waals surface area contributed by atoms with Crippen molar-refractivity contribution < 1.29 is 17.7 Å².